The molecule has 0 aromatic carbocycles. The molecule has 2 nitrogen and oxygen atoms in total. The van der Waals surface area contributed by atoms with Gasteiger partial charge in [-0.3, -0.25) is 4.79 Å². The molecule has 72 valence electrons. The summed E-state index contributed by atoms with van der Waals surface area (Å²) in [5.41, 5.74) is 1.28. The summed E-state index contributed by atoms with van der Waals surface area (Å²) >= 11 is 1.55. The number of rotatable bonds is 5. The van der Waals surface area contributed by atoms with Crippen molar-refractivity contribution in [2.75, 3.05) is 0 Å². The second kappa shape index (κ2) is 5.02. The number of carboxylic acid groups (broad SMARTS) is 1. The Bertz CT molecular complexity index is 278. The Kier molecular flexibility index (Phi) is 3.96. The van der Waals surface area contributed by atoms with E-state index in [9.17, 15) is 4.79 Å². The highest BCUT2D eigenvalue weighted by molar-refractivity contribution is 7.10. The van der Waals surface area contributed by atoms with Crippen LogP contribution in [0.3, 0.4) is 0 Å². The van der Waals surface area contributed by atoms with Crippen LogP contribution in [-0.2, 0) is 17.6 Å². The van der Waals surface area contributed by atoms with E-state index in [0.717, 1.165) is 11.3 Å². The summed E-state index contributed by atoms with van der Waals surface area (Å²) in [7, 11) is 0. The van der Waals surface area contributed by atoms with Gasteiger partial charge in [-0.25, -0.2) is 0 Å². The van der Waals surface area contributed by atoms with Crippen LogP contribution in [0.2, 0.25) is 0 Å². The molecule has 1 aromatic heterocycles. The van der Waals surface area contributed by atoms with Gasteiger partial charge < -0.3 is 5.11 Å². The number of unbranched alkanes of at least 4 members (excludes halogenated alkanes) is 1. The molecule has 13 heavy (non-hydrogen) atoms. The normalized spacial score (nSPS) is 10.2. The van der Waals surface area contributed by atoms with Crippen LogP contribution >= 0.6 is 11.3 Å². The molecule has 1 rings (SSSR count). The Labute approximate surface area is 82.2 Å². The minimum atomic E-state index is -0.746. The van der Waals surface area contributed by atoms with Gasteiger partial charge in [-0.15, -0.1) is 11.3 Å². The van der Waals surface area contributed by atoms with Crippen molar-refractivity contribution in [1.29, 1.82) is 0 Å². The van der Waals surface area contributed by atoms with Crippen molar-refractivity contribution in [2.45, 2.75) is 32.6 Å². The van der Waals surface area contributed by atoms with E-state index >= 15 is 0 Å². The fourth-order valence-corrected chi connectivity index (χ4v) is 2.09. The van der Waals surface area contributed by atoms with Gasteiger partial charge in [-0.1, -0.05) is 13.3 Å². The van der Waals surface area contributed by atoms with E-state index in [1.54, 1.807) is 11.3 Å². The lowest BCUT2D eigenvalue weighted by molar-refractivity contribution is -0.136. The molecule has 0 fully saturated rings. The second-order valence-electron chi connectivity index (χ2n) is 3.10. The van der Waals surface area contributed by atoms with Crippen molar-refractivity contribution in [2.24, 2.45) is 0 Å². The van der Waals surface area contributed by atoms with Gasteiger partial charge in [0.2, 0.25) is 0 Å². The van der Waals surface area contributed by atoms with Crippen molar-refractivity contribution in [3.63, 3.8) is 0 Å². The SMILES string of the molecule is CCCCc1csc(CC(=O)O)c1. The van der Waals surface area contributed by atoms with Crippen LogP contribution in [-0.4, -0.2) is 11.1 Å². The zero-order valence-electron chi connectivity index (χ0n) is 7.75. The van der Waals surface area contributed by atoms with Gasteiger partial charge in [-0.05, 0) is 29.9 Å². The maximum absolute atomic E-state index is 10.4. The molecule has 0 saturated carbocycles. The highest BCUT2D eigenvalue weighted by Crippen LogP contribution is 2.17. The molecule has 1 heterocycles. The van der Waals surface area contributed by atoms with E-state index in [-0.39, 0.29) is 6.42 Å². The smallest absolute Gasteiger partial charge is 0.308 e. The lowest BCUT2D eigenvalue weighted by Gasteiger charge is -1.92. The van der Waals surface area contributed by atoms with Crippen LogP contribution in [0.1, 0.15) is 30.2 Å². The molecule has 0 unspecified atom stereocenters. The van der Waals surface area contributed by atoms with Crippen LogP contribution in [0.15, 0.2) is 11.4 Å². The van der Waals surface area contributed by atoms with Crippen LogP contribution in [0.5, 0.6) is 0 Å². The quantitative estimate of drug-likeness (QED) is 0.789. The molecule has 0 aliphatic heterocycles. The summed E-state index contributed by atoms with van der Waals surface area (Å²) in [6, 6.07) is 2.01. The fraction of sp³-hybridized carbons (Fsp3) is 0.500. The highest BCUT2D eigenvalue weighted by atomic mass is 32.1. The molecule has 0 radical (unpaired) electrons. The van der Waals surface area contributed by atoms with Gasteiger partial charge in [-0.2, -0.15) is 0 Å². The zero-order valence-corrected chi connectivity index (χ0v) is 8.56. The van der Waals surface area contributed by atoms with Crippen LogP contribution in [0, 0.1) is 0 Å². The minimum Gasteiger partial charge on any atom is -0.481 e. The Morgan fingerprint density at radius 3 is 3.00 bits per heavy atom. The van der Waals surface area contributed by atoms with Crippen molar-refractivity contribution < 1.29 is 9.90 Å². The van der Waals surface area contributed by atoms with Crippen LogP contribution in [0.25, 0.3) is 0 Å². The number of thiophene rings is 1. The zero-order chi connectivity index (χ0) is 9.68. The van der Waals surface area contributed by atoms with E-state index in [2.05, 4.69) is 12.3 Å². The van der Waals surface area contributed by atoms with Crippen molar-refractivity contribution in [3.05, 3.63) is 21.9 Å². The number of carboxylic acids is 1. The third kappa shape index (κ3) is 3.59. The summed E-state index contributed by atoms with van der Waals surface area (Å²) < 4.78 is 0. The Balaban J connectivity index is 2.48. The summed E-state index contributed by atoms with van der Waals surface area (Å²) in [6.45, 7) is 2.16. The molecule has 0 amide bonds. The summed E-state index contributed by atoms with van der Waals surface area (Å²) in [4.78, 5) is 11.4. The van der Waals surface area contributed by atoms with E-state index in [4.69, 9.17) is 5.11 Å². The van der Waals surface area contributed by atoms with Gasteiger partial charge in [0.1, 0.15) is 0 Å². The molecule has 3 heteroatoms. The van der Waals surface area contributed by atoms with Gasteiger partial charge in [0.25, 0.3) is 0 Å². The van der Waals surface area contributed by atoms with Gasteiger partial charge in [0, 0.05) is 4.88 Å². The van der Waals surface area contributed by atoms with E-state index in [1.165, 1.54) is 18.4 Å². The number of aryl methyl sites for hydroxylation is 1. The molecule has 0 aliphatic rings. The summed E-state index contributed by atoms with van der Waals surface area (Å²) in [5, 5.41) is 10.6. The molecule has 0 aliphatic carbocycles. The van der Waals surface area contributed by atoms with E-state index in [1.807, 2.05) is 6.07 Å². The second-order valence-corrected chi connectivity index (χ2v) is 4.09. The van der Waals surface area contributed by atoms with Crippen molar-refractivity contribution >= 4 is 17.3 Å². The number of aliphatic carboxylic acids is 1. The van der Waals surface area contributed by atoms with E-state index < -0.39 is 5.97 Å². The highest BCUT2D eigenvalue weighted by Gasteiger charge is 2.03. The molecule has 0 spiro atoms. The van der Waals surface area contributed by atoms with Crippen LogP contribution < -0.4 is 0 Å². The van der Waals surface area contributed by atoms with Gasteiger partial charge >= 0.3 is 5.97 Å². The average Bonchev–Trinajstić information content (AvgIpc) is 2.48. The third-order valence-corrected chi connectivity index (χ3v) is 2.84. The molecule has 0 saturated heterocycles. The van der Waals surface area contributed by atoms with Crippen molar-refractivity contribution in [1.82, 2.24) is 0 Å². The average molecular weight is 198 g/mol. The molecular formula is C10H14O2S. The molecule has 1 N–H and O–H groups in total. The number of carbonyl (C=O) groups is 1. The molecular weight excluding hydrogens is 184 g/mol. The predicted molar refractivity (Wildman–Crippen MR) is 54.3 cm³/mol. The Hall–Kier alpha value is -0.830. The first-order valence-corrected chi connectivity index (χ1v) is 5.38. The summed E-state index contributed by atoms with van der Waals surface area (Å²) in [5.74, 6) is -0.746. The number of hydrogen-bond acceptors (Lipinski definition) is 2. The largest absolute Gasteiger partial charge is 0.481 e. The third-order valence-electron chi connectivity index (χ3n) is 1.85. The first kappa shape index (κ1) is 10.3. The molecule has 0 atom stereocenters. The van der Waals surface area contributed by atoms with Crippen LogP contribution in [0.4, 0.5) is 0 Å². The fourth-order valence-electron chi connectivity index (χ4n) is 1.18. The van der Waals surface area contributed by atoms with Gasteiger partial charge in [0.15, 0.2) is 0 Å². The molecule has 0 bridgehead atoms. The topological polar surface area (TPSA) is 37.3 Å². The monoisotopic (exact) mass is 198 g/mol. The number of hydrogen-bond donors (Lipinski definition) is 1. The maximum atomic E-state index is 10.4. The first-order valence-electron chi connectivity index (χ1n) is 4.50. The lowest BCUT2D eigenvalue weighted by Crippen LogP contribution is -1.97. The minimum absolute atomic E-state index is 0.163. The predicted octanol–water partition coefficient (Wildman–Crippen LogP) is 2.72. The van der Waals surface area contributed by atoms with E-state index in [0.29, 0.717) is 0 Å². The van der Waals surface area contributed by atoms with Crippen molar-refractivity contribution in [3.8, 4) is 0 Å². The maximum Gasteiger partial charge on any atom is 0.308 e. The molecule has 1 aromatic rings. The van der Waals surface area contributed by atoms with Gasteiger partial charge in [0.05, 0.1) is 6.42 Å². The Morgan fingerprint density at radius 1 is 1.62 bits per heavy atom. The lowest BCUT2D eigenvalue weighted by atomic mass is 10.1. The standard InChI is InChI=1S/C10H14O2S/c1-2-3-4-8-5-9(13-7-8)6-10(11)12/h5,7H,2-4,6H2,1H3,(H,11,12). The summed E-state index contributed by atoms with van der Waals surface area (Å²) in [6.07, 6.45) is 3.61. The first-order chi connectivity index (χ1) is 6.22. The Morgan fingerprint density at radius 2 is 2.38 bits per heavy atom.